The highest BCUT2D eigenvalue weighted by molar-refractivity contribution is 6.31. The van der Waals surface area contributed by atoms with E-state index in [2.05, 4.69) is 14.9 Å². The molecule has 9 heteroatoms. The number of rotatable bonds is 3. The number of nitrogen functional groups attached to an aromatic ring is 1. The average Bonchev–Trinajstić information content (AvgIpc) is 2.79. The van der Waals surface area contributed by atoms with Crippen molar-refractivity contribution in [3.63, 3.8) is 0 Å². The van der Waals surface area contributed by atoms with E-state index in [0.29, 0.717) is 30.6 Å². The van der Waals surface area contributed by atoms with Crippen LogP contribution in [0.3, 0.4) is 0 Å². The SMILES string of the molecule is Cc1cc(N2CCCOCC2c2ccc([N+](=O)[O-])cc2Cl)nc(N)n1. The third-order valence-corrected chi connectivity index (χ3v) is 4.37. The summed E-state index contributed by atoms with van der Waals surface area (Å²) in [4.78, 5) is 21.0. The fraction of sp³-hybridized carbons (Fsp3) is 0.375. The number of ether oxygens (including phenoxy) is 1. The Labute approximate surface area is 149 Å². The molecule has 132 valence electrons. The van der Waals surface area contributed by atoms with Crippen LogP contribution >= 0.6 is 11.6 Å². The number of non-ortho nitro benzene ring substituents is 1. The van der Waals surface area contributed by atoms with E-state index < -0.39 is 4.92 Å². The number of nitrogens with zero attached hydrogens (tertiary/aromatic N) is 4. The van der Waals surface area contributed by atoms with E-state index in [1.807, 2.05) is 13.0 Å². The van der Waals surface area contributed by atoms with Gasteiger partial charge in [-0.2, -0.15) is 4.98 Å². The minimum absolute atomic E-state index is 0.0445. The van der Waals surface area contributed by atoms with E-state index in [0.717, 1.165) is 17.7 Å². The van der Waals surface area contributed by atoms with E-state index in [-0.39, 0.29) is 17.7 Å². The first kappa shape index (κ1) is 17.4. The maximum absolute atomic E-state index is 10.9. The molecule has 2 N–H and O–H groups in total. The topological polar surface area (TPSA) is 107 Å². The highest BCUT2D eigenvalue weighted by Gasteiger charge is 2.27. The lowest BCUT2D eigenvalue weighted by Gasteiger charge is -2.31. The highest BCUT2D eigenvalue weighted by atomic mass is 35.5. The highest BCUT2D eigenvalue weighted by Crippen LogP contribution is 2.34. The van der Waals surface area contributed by atoms with Crippen molar-refractivity contribution in [2.45, 2.75) is 19.4 Å². The molecule has 0 amide bonds. The third kappa shape index (κ3) is 3.80. The molecule has 0 saturated carbocycles. The van der Waals surface area contributed by atoms with Gasteiger partial charge in [0.1, 0.15) is 5.82 Å². The maximum atomic E-state index is 10.9. The van der Waals surface area contributed by atoms with Crippen molar-refractivity contribution in [1.82, 2.24) is 9.97 Å². The molecule has 0 spiro atoms. The molecule has 1 aliphatic rings. The zero-order valence-corrected chi connectivity index (χ0v) is 14.4. The minimum Gasteiger partial charge on any atom is -0.379 e. The number of nitro groups is 1. The van der Waals surface area contributed by atoms with Crippen molar-refractivity contribution in [1.29, 1.82) is 0 Å². The van der Waals surface area contributed by atoms with Crippen LogP contribution < -0.4 is 10.6 Å². The number of aromatic nitrogens is 2. The van der Waals surface area contributed by atoms with Gasteiger partial charge in [-0.1, -0.05) is 11.6 Å². The summed E-state index contributed by atoms with van der Waals surface area (Å²) in [6.45, 7) is 3.58. The number of benzene rings is 1. The van der Waals surface area contributed by atoms with Crippen LogP contribution in [0, 0.1) is 17.0 Å². The predicted molar refractivity (Wildman–Crippen MR) is 94.8 cm³/mol. The number of nitrogens with two attached hydrogens (primary N) is 1. The van der Waals surface area contributed by atoms with Gasteiger partial charge >= 0.3 is 0 Å². The molecule has 1 aliphatic heterocycles. The van der Waals surface area contributed by atoms with Gasteiger partial charge in [-0.3, -0.25) is 10.1 Å². The van der Waals surface area contributed by atoms with Gasteiger partial charge < -0.3 is 15.4 Å². The molecule has 8 nitrogen and oxygen atoms in total. The first-order chi connectivity index (χ1) is 12.0. The fourth-order valence-corrected chi connectivity index (χ4v) is 3.23. The Balaban J connectivity index is 2.02. The Morgan fingerprint density at radius 2 is 2.20 bits per heavy atom. The van der Waals surface area contributed by atoms with Gasteiger partial charge in [0.25, 0.3) is 5.69 Å². The monoisotopic (exact) mass is 363 g/mol. The Hall–Kier alpha value is -2.45. The van der Waals surface area contributed by atoms with Gasteiger partial charge in [-0.05, 0) is 25.0 Å². The van der Waals surface area contributed by atoms with Crippen molar-refractivity contribution in [2.24, 2.45) is 0 Å². The molecule has 0 bridgehead atoms. The molecule has 2 heterocycles. The van der Waals surface area contributed by atoms with Gasteiger partial charge in [-0.15, -0.1) is 0 Å². The molecule has 1 aromatic carbocycles. The standard InChI is InChI=1S/C16H18ClN5O3/c1-10-7-15(20-16(18)19-10)21-5-2-6-25-9-14(21)12-4-3-11(22(23)24)8-13(12)17/h3-4,7-8,14H,2,5-6,9H2,1H3,(H2,18,19,20). The molecule has 1 unspecified atom stereocenters. The van der Waals surface area contributed by atoms with E-state index in [1.54, 1.807) is 6.07 Å². The Morgan fingerprint density at radius 3 is 2.88 bits per heavy atom. The van der Waals surface area contributed by atoms with E-state index >= 15 is 0 Å². The smallest absolute Gasteiger partial charge is 0.270 e. The molecule has 3 rings (SSSR count). The summed E-state index contributed by atoms with van der Waals surface area (Å²) in [7, 11) is 0. The molecule has 2 aromatic rings. The molecular weight excluding hydrogens is 346 g/mol. The number of anilines is 2. The first-order valence-corrected chi connectivity index (χ1v) is 8.23. The summed E-state index contributed by atoms with van der Waals surface area (Å²) in [5, 5.41) is 11.3. The Morgan fingerprint density at radius 1 is 1.40 bits per heavy atom. The summed E-state index contributed by atoms with van der Waals surface area (Å²) in [6.07, 6.45) is 0.823. The fourth-order valence-electron chi connectivity index (χ4n) is 2.93. The van der Waals surface area contributed by atoms with Crippen LogP contribution in [0.5, 0.6) is 0 Å². The van der Waals surface area contributed by atoms with Crippen LogP contribution in [-0.2, 0) is 4.74 Å². The molecule has 0 radical (unpaired) electrons. The second-order valence-electron chi connectivity index (χ2n) is 5.83. The molecule has 1 aromatic heterocycles. The summed E-state index contributed by atoms with van der Waals surface area (Å²) < 4.78 is 5.70. The number of halogens is 1. The molecule has 0 aliphatic carbocycles. The second kappa shape index (κ2) is 7.20. The van der Waals surface area contributed by atoms with Crippen LogP contribution in [0.25, 0.3) is 0 Å². The normalized spacial score (nSPS) is 18.0. The lowest BCUT2D eigenvalue weighted by molar-refractivity contribution is -0.384. The Bertz CT molecular complexity index is 781. The quantitative estimate of drug-likeness (QED) is 0.659. The third-order valence-electron chi connectivity index (χ3n) is 4.05. The van der Waals surface area contributed by atoms with Crippen LogP contribution in [0.15, 0.2) is 24.3 Å². The maximum Gasteiger partial charge on any atom is 0.270 e. The number of hydrogen-bond acceptors (Lipinski definition) is 7. The number of hydrogen-bond donors (Lipinski definition) is 1. The minimum atomic E-state index is -0.467. The van der Waals surface area contributed by atoms with E-state index in [1.165, 1.54) is 12.1 Å². The zero-order valence-electron chi connectivity index (χ0n) is 13.7. The molecule has 1 atom stereocenters. The average molecular weight is 364 g/mol. The summed E-state index contributed by atoms with van der Waals surface area (Å²) in [5.41, 5.74) is 7.27. The first-order valence-electron chi connectivity index (χ1n) is 7.85. The lowest BCUT2D eigenvalue weighted by Crippen LogP contribution is -2.32. The van der Waals surface area contributed by atoms with E-state index in [9.17, 15) is 10.1 Å². The zero-order chi connectivity index (χ0) is 18.0. The largest absolute Gasteiger partial charge is 0.379 e. The molecule has 1 saturated heterocycles. The second-order valence-corrected chi connectivity index (χ2v) is 6.23. The van der Waals surface area contributed by atoms with Gasteiger partial charge in [-0.25, -0.2) is 4.98 Å². The lowest BCUT2D eigenvalue weighted by atomic mass is 10.0. The summed E-state index contributed by atoms with van der Waals surface area (Å²) >= 11 is 6.33. The van der Waals surface area contributed by atoms with Crippen molar-refractivity contribution in [3.8, 4) is 0 Å². The summed E-state index contributed by atoms with van der Waals surface area (Å²) in [6, 6.07) is 6.12. The molecule has 1 fully saturated rings. The molecule has 25 heavy (non-hydrogen) atoms. The van der Waals surface area contributed by atoms with Gasteiger partial charge in [0.15, 0.2) is 0 Å². The number of nitro benzene ring substituents is 1. The van der Waals surface area contributed by atoms with Gasteiger partial charge in [0.05, 0.1) is 22.6 Å². The van der Waals surface area contributed by atoms with Crippen molar-refractivity contribution in [3.05, 3.63) is 50.7 Å². The van der Waals surface area contributed by atoms with Crippen LogP contribution in [0.1, 0.15) is 23.7 Å². The van der Waals surface area contributed by atoms with Gasteiger partial charge in [0.2, 0.25) is 5.95 Å². The van der Waals surface area contributed by atoms with Crippen molar-refractivity contribution in [2.75, 3.05) is 30.4 Å². The number of aryl methyl sites for hydroxylation is 1. The van der Waals surface area contributed by atoms with Crippen LogP contribution in [0.4, 0.5) is 17.5 Å². The Kier molecular flexibility index (Phi) is 5.00. The van der Waals surface area contributed by atoms with Crippen LogP contribution in [-0.4, -0.2) is 34.6 Å². The van der Waals surface area contributed by atoms with E-state index in [4.69, 9.17) is 22.1 Å². The van der Waals surface area contributed by atoms with Gasteiger partial charge in [0, 0.05) is 37.0 Å². The van der Waals surface area contributed by atoms with Crippen molar-refractivity contribution < 1.29 is 9.66 Å². The van der Waals surface area contributed by atoms with Crippen molar-refractivity contribution >= 4 is 29.1 Å². The predicted octanol–water partition coefficient (Wildman–Crippen LogP) is 2.90. The van der Waals surface area contributed by atoms with Crippen LogP contribution in [0.2, 0.25) is 5.02 Å². The molecular formula is C16H18ClN5O3. The summed E-state index contributed by atoms with van der Waals surface area (Å²) in [5.74, 6) is 0.892.